The summed E-state index contributed by atoms with van der Waals surface area (Å²) in [7, 11) is 0. The predicted molar refractivity (Wildman–Crippen MR) is 103 cm³/mol. The van der Waals surface area contributed by atoms with E-state index in [2.05, 4.69) is 20.3 Å². The van der Waals surface area contributed by atoms with Gasteiger partial charge in [0.2, 0.25) is 5.91 Å². The summed E-state index contributed by atoms with van der Waals surface area (Å²) >= 11 is 0. The molecule has 1 amide bonds. The summed E-state index contributed by atoms with van der Waals surface area (Å²) in [5.74, 6) is 0.837. The molecule has 1 saturated heterocycles. The minimum atomic E-state index is -0.372. The third-order valence-electron chi connectivity index (χ3n) is 4.72. The zero-order valence-electron chi connectivity index (χ0n) is 15.0. The largest absolute Gasteiger partial charge is 0.356 e. The molecule has 1 fully saturated rings. The van der Waals surface area contributed by atoms with Gasteiger partial charge < -0.3 is 10.2 Å². The molecule has 1 aliphatic heterocycles. The van der Waals surface area contributed by atoms with Crippen molar-refractivity contribution >= 4 is 23.2 Å². The van der Waals surface area contributed by atoms with Crippen LogP contribution in [0.25, 0.3) is 5.78 Å². The molecule has 0 aliphatic carbocycles. The number of para-hydroxylation sites is 1. The Balaban J connectivity index is 1.54. The van der Waals surface area contributed by atoms with Crippen LogP contribution in [0.5, 0.6) is 0 Å². The summed E-state index contributed by atoms with van der Waals surface area (Å²) in [4.78, 5) is 31.5. The predicted octanol–water partition coefficient (Wildman–Crippen LogP) is 1.91. The molecule has 8 heteroatoms. The summed E-state index contributed by atoms with van der Waals surface area (Å²) < 4.78 is 2.52. The van der Waals surface area contributed by atoms with Crippen molar-refractivity contribution in [2.24, 2.45) is 0 Å². The summed E-state index contributed by atoms with van der Waals surface area (Å²) in [5.41, 5.74) is 0.309. The third-order valence-corrected chi connectivity index (χ3v) is 4.72. The Morgan fingerprint density at radius 2 is 1.78 bits per heavy atom. The summed E-state index contributed by atoms with van der Waals surface area (Å²) in [6, 6.07) is 11.0. The summed E-state index contributed by atoms with van der Waals surface area (Å²) in [5, 5.41) is 7.00. The highest BCUT2D eigenvalue weighted by Gasteiger charge is 2.15. The number of aromatic nitrogens is 4. The van der Waals surface area contributed by atoms with E-state index in [1.165, 1.54) is 17.2 Å². The fourth-order valence-electron chi connectivity index (χ4n) is 3.33. The van der Waals surface area contributed by atoms with Gasteiger partial charge in [-0.1, -0.05) is 31.0 Å². The highest BCUT2D eigenvalue weighted by molar-refractivity contribution is 5.90. The average Bonchev–Trinajstić information content (AvgIpc) is 2.86. The number of hydrogen-bond donors (Lipinski definition) is 1. The van der Waals surface area contributed by atoms with Gasteiger partial charge in [0.15, 0.2) is 0 Å². The van der Waals surface area contributed by atoms with Gasteiger partial charge in [-0.2, -0.15) is 4.98 Å². The Bertz CT molecular complexity index is 986. The Hall–Kier alpha value is -3.16. The zero-order valence-corrected chi connectivity index (χ0v) is 15.0. The van der Waals surface area contributed by atoms with E-state index in [0.29, 0.717) is 11.5 Å². The molecule has 1 N–H and O–H groups in total. The van der Waals surface area contributed by atoms with E-state index in [1.54, 1.807) is 18.3 Å². The van der Waals surface area contributed by atoms with Crippen LogP contribution in [0.2, 0.25) is 0 Å². The molecule has 4 rings (SSSR count). The summed E-state index contributed by atoms with van der Waals surface area (Å²) in [6.07, 6.45) is 6.46. The van der Waals surface area contributed by atoms with E-state index in [9.17, 15) is 9.59 Å². The van der Waals surface area contributed by atoms with Crippen molar-refractivity contribution in [1.29, 1.82) is 0 Å². The number of carbonyl (C=O) groups is 1. The molecule has 0 saturated carbocycles. The molecule has 0 bridgehead atoms. The molecule has 1 aliphatic rings. The molecule has 0 unspecified atom stereocenters. The van der Waals surface area contributed by atoms with E-state index in [0.717, 1.165) is 36.4 Å². The first-order valence-corrected chi connectivity index (χ1v) is 9.27. The molecule has 3 aromatic rings. The van der Waals surface area contributed by atoms with Gasteiger partial charge in [0.1, 0.15) is 12.4 Å². The highest BCUT2D eigenvalue weighted by atomic mass is 16.2. The number of fused-ring (bicyclic) bond motifs is 1. The van der Waals surface area contributed by atoms with Crippen molar-refractivity contribution in [2.75, 3.05) is 23.3 Å². The van der Waals surface area contributed by atoms with Crippen LogP contribution in [-0.4, -0.2) is 38.2 Å². The van der Waals surface area contributed by atoms with Crippen molar-refractivity contribution in [3.63, 3.8) is 0 Å². The van der Waals surface area contributed by atoms with Crippen LogP contribution >= 0.6 is 0 Å². The van der Waals surface area contributed by atoms with E-state index in [4.69, 9.17) is 0 Å². The number of nitrogens with zero attached hydrogens (tertiary/aromatic N) is 5. The molecule has 0 radical (unpaired) electrons. The maximum atomic E-state index is 12.5. The monoisotopic (exact) mass is 366 g/mol. The van der Waals surface area contributed by atoms with E-state index in [1.807, 2.05) is 24.3 Å². The van der Waals surface area contributed by atoms with Crippen LogP contribution < -0.4 is 15.9 Å². The van der Waals surface area contributed by atoms with Gasteiger partial charge >= 0.3 is 5.69 Å². The van der Waals surface area contributed by atoms with Gasteiger partial charge in [0.05, 0.1) is 0 Å². The van der Waals surface area contributed by atoms with E-state index < -0.39 is 0 Å². The summed E-state index contributed by atoms with van der Waals surface area (Å²) in [6.45, 7) is 1.78. The molecular weight excluding hydrogens is 344 g/mol. The number of carbonyl (C=O) groups excluding carboxylic acids is 1. The lowest BCUT2D eigenvalue weighted by atomic mass is 10.2. The lowest BCUT2D eigenvalue weighted by Gasteiger charge is -2.20. The number of benzene rings is 1. The molecule has 8 nitrogen and oxygen atoms in total. The number of nitrogens with one attached hydrogen (secondary N) is 1. The Morgan fingerprint density at radius 3 is 2.52 bits per heavy atom. The molecule has 140 valence electrons. The third kappa shape index (κ3) is 3.84. The van der Waals surface area contributed by atoms with Crippen molar-refractivity contribution < 1.29 is 4.79 Å². The van der Waals surface area contributed by atoms with Gasteiger partial charge in [-0.3, -0.25) is 4.79 Å². The van der Waals surface area contributed by atoms with Crippen molar-refractivity contribution in [3.05, 3.63) is 53.1 Å². The molecule has 3 heterocycles. The SMILES string of the molecule is O=C(Cn1nc2nc(N3CCCCCC3)ccn2c1=O)Nc1ccccc1. The fourth-order valence-corrected chi connectivity index (χ4v) is 3.33. The normalized spacial score (nSPS) is 14.9. The van der Waals surface area contributed by atoms with Crippen LogP contribution in [0.15, 0.2) is 47.4 Å². The Kier molecular flexibility index (Phi) is 4.86. The van der Waals surface area contributed by atoms with Gasteiger partial charge in [0.25, 0.3) is 5.78 Å². The first-order chi connectivity index (χ1) is 13.2. The quantitative estimate of drug-likeness (QED) is 0.762. The van der Waals surface area contributed by atoms with Crippen molar-refractivity contribution in [3.8, 4) is 0 Å². The Labute approximate surface area is 156 Å². The number of amides is 1. The maximum absolute atomic E-state index is 12.5. The van der Waals surface area contributed by atoms with Crippen LogP contribution in [-0.2, 0) is 11.3 Å². The molecule has 0 spiro atoms. The second-order valence-corrected chi connectivity index (χ2v) is 6.71. The second-order valence-electron chi connectivity index (χ2n) is 6.71. The highest BCUT2D eigenvalue weighted by Crippen LogP contribution is 2.17. The van der Waals surface area contributed by atoms with Crippen molar-refractivity contribution in [1.82, 2.24) is 19.2 Å². The van der Waals surface area contributed by atoms with Crippen LogP contribution in [0.1, 0.15) is 25.7 Å². The second kappa shape index (κ2) is 7.61. The van der Waals surface area contributed by atoms with Gasteiger partial charge in [-0.15, -0.1) is 5.10 Å². The lowest BCUT2D eigenvalue weighted by molar-refractivity contribution is -0.117. The van der Waals surface area contributed by atoms with Gasteiger partial charge in [-0.25, -0.2) is 13.9 Å². The first-order valence-electron chi connectivity index (χ1n) is 9.27. The number of anilines is 2. The fraction of sp³-hybridized carbons (Fsp3) is 0.368. The zero-order chi connectivity index (χ0) is 18.6. The standard InChI is InChI=1S/C19H22N6O2/c26-17(20-15-8-4-3-5-9-15)14-25-19(27)24-13-10-16(21-18(24)22-25)23-11-6-1-2-7-12-23/h3-5,8-10,13H,1-2,6-7,11-12,14H2,(H,20,26). The first kappa shape index (κ1) is 17.3. The number of hydrogen-bond acceptors (Lipinski definition) is 5. The maximum Gasteiger partial charge on any atom is 0.352 e. The molecule has 1 aromatic carbocycles. The van der Waals surface area contributed by atoms with Crippen LogP contribution in [0, 0.1) is 0 Å². The van der Waals surface area contributed by atoms with Gasteiger partial charge in [-0.05, 0) is 31.0 Å². The van der Waals surface area contributed by atoms with Crippen LogP contribution in [0.3, 0.4) is 0 Å². The van der Waals surface area contributed by atoms with Crippen molar-refractivity contribution in [2.45, 2.75) is 32.2 Å². The smallest absolute Gasteiger partial charge is 0.352 e. The molecule has 0 atom stereocenters. The molecule has 2 aromatic heterocycles. The van der Waals surface area contributed by atoms with E-state index >= 15 is 0 Å². The average molecular weight is 366 g/mol. The number of rotatable bonds is 4. The molecular formula is C19H22N6O2. The topological polar surface area (TPSA) is 84.5 Å². The lowest BCUT2D eigenvalue weighted by Crippen LogP contribution is -2.28. The minimum Gasteiger partial charge on any atom is -0.356 e. The van der Waals surface area contributed by atoms with Crippen LogP contribution in [0.4, 0.5) is 11.5 Å². The van der Waals surface area contributed by atoms with E-state index in [-0.39, 0.29) is 18.1 Å². The van der Waals surface area contributed by atoms with Gasteiger partial charge in [0, 0.05) is 25.0 Å². The molecule has 27 heavy (non-hydrogen) atoms. The minimum absolute atomic E-state index is 0.157. The Morgan fingerprint density at radius 1 is 1.04 bits per heavy atom.